The Bertz CT molecular complexity index is 194. The molecule has 0 aliphatic carbocycles. The van der Waals surface area contributed by atoms with Crippen molar-refractivity contribution in [1.29, 1.82) is 0 Å². The van der Waals surface area contributed by atoms with Gasteiger partial charge in [0.2, 0.25) is 5.91 Å². The van der Waals surface area contributed by atoms with E-state index in [1.54, 1.807) is 0 Å². The van der Waals surface area contributed by atoms with Crippen LogP contribution in [0, 0.1) is 0 Å². The highest BCUT2D eigenvalue weighted by Gasteiger charge is 2.19. The zero-order valence-electron chi connectivity index (χ0n) is 10.6. The molecule has 94 valence electrons. The summed E-state index contributed by atoms with van der Waals surface area (Å²) in [5, 5.41) is 6.17. The van der Waals surface area contributed by atoms with Gasteiger partial charge >= 0.3 is 0 Å². The lowest BCUT2D eigenvalue weighted by Gasteiger charge is -2.23. The quantitative estimate of drug-likeness (QED) is 0.623. The number of carbonyl (C=O) groups excluding carboxylic acids is 1. The maximum absolute atomic E-state index is 11.4. The van der Waals surface area contributed by atoms with Gasteiger partial charge in [-0.2, -0.15) is 0 Å². The molecule has 1 fully saturated rings. The van der Waals surface area contributed by atoms with Crippen molar-refractivity contribution >= 4 is 5.91 Å². The van der Waals surface area contributed by atoms with Crippen molar-refractivity contribution in [2.75, 3.05) is 13.1 Å². The molecule has 1 rings (SSSR count). The Morgan fingerprint density at radius 2 is 1.75 bits per heavy atom. The fourth-order valence-electron chi connectivity index (χ4n) is 2.19. The number of carbonyl (C=O) groups is 1. The predicted octanol–water partition coefficient (Wildman–Crippen LogP) is 2.22. The molecule has 1 atom stereocenters. The second kappa shape index (κ2) is 8.57. The Morgan fingerprint density at radius 1 is 1.06 bits per heavy atom. The second-order valence-corrected chi connectivity index (χ2v) is 4.71. The van der Waals surface area contributed by atoms with Crippen molar-refractivity contribution < 1.29 is 4.79 Å². The van der Waals surface area contributed by atoms with Gasteiger partial charge in [0.25, 0.3) is 0 Å². The van der Waals surface area contributed by atoms with Gasteiger partial charge in [-0.15, -0.1) is 0 Å². The first-order chi connectivity index (χ1) is 7.84. The molecule has 0 saturated carbocycles. The maximum Gasteiger partial charge on any atom is 0.237 e. The van der Waals surface area contributed by atoms with Crippen LogP contribution in [0.4, 0.5) is 0 Å². The molecule has 0 aromatic rings. The normalized spacial score (nSPS) is 20.8. The van der Waals surface area contributed by atoms with Gasteiger partial charge in [-0.1, -0.05) is 51.9 Å². The minimum atomic E-state index is 0.0735. The molecule has 16 heavy (non-hydrogen) atoms. The summed E-state index contributed by atoms with van der Waals surface area (Å²) in [6, 6.07) is 0.0735. The van der Waals surface area contributed by atoms with Crippen LogP contribution in [0.1, 0.15) is 58.3 Å². The summed E-state index contributed by atoms with van der Waals surface area (Å²) in [5.41, 5.74) is 0. The highest BCUT2D eigenvalue weighted by molar-refractivity contribution is 5.82. The number of unbranched alkanes of at least 4 members (excludes halogenated alkanes) is 6. The van der Waals surface area contributed by atoms with E-state index in [9.17, 15) is 4.79 Å². The molecule has 3 nitrogen and oxygen atoms in total. The van der Waals surface area contributed by atoms with Crippen LogP contribution in [0.3, 0.4) is 0 Å². The predicted molar refractivity (Wildman–Crippen MR) is 67.4 cm³/mol. The Labute approximate surface area is 99.4 Å². The van der Waals surface area contributed by atoms with Crippen molar-refractivity contribution in [3.05, 3.63) is 0 Å². The fraction of sp³-hybridized carbons (Fsp3) is 0.923. The third kappa shape index (κ3) is 5.50. The Balaban J connectivity index is 1.92. The van der Waals surface area contributed by atoms with Crippen molar-refractivity contribution in [2.24, 2.45) is 0 Å². The van der Waals surface area contributed by atoms with E-state index in [0.29, 0.717) is 0 Å². The summed E-state index contributed by atoms with van der Waals surface area (Å²) in [4.78, 5) is 11.4. The lowest BCUT2D eigenvalue weighted by molar-refractivity contribution is -0.124. The molecular weight excluding hydrogens is 200 g/mol. The van der Waals surface area contributed by atoms with Crippen LogP contribution >= 0.6 is 0 Å². The van der Waals surface area contributed by atoms with Gasteiger partial charge in [0.15, 0.2) is 0 Å². The number of amides is 1. The van der Waals surface area contributed by atoms with Gasteiger partial charge < -0.3 is 10.6 Å². The lowest BCUT2D eigenvalue weighted by Crippen LogP contribution is -2.52. The third-order valence-corrected chi connectivity index (χ3v) is 3.23. The van der Waals surface area contributed by atoms with Gasteiger partial charge in [0, 0.05) is 13.1 Å². The molecule has 1 amide bonds. The molecular formula is C13H26N2O. The van der Waals surface area contributed by atoms with E-state index in [-0.39, 0.29) is 11.9 Å². The van der Waals surface area contributed by atoms with Crippen molar-refractivity contribution in [1.82, 2.24) is 10.6 Å². The number of hydrogen-bond acceptors (Lipinski definition) is 2. The van der Waals surface area contributed by atoms with E-state index in [2.05, 4.69) is 17.6 Å². The molecule has 3 heteroatoms. The van der Waals surface area contributed by atoms with E-state index in [0.717, 1.165) is 19.5 Å². The minimum Gasteiger partial charge on any atom is -0.353 e. The van der Waals surface area contributed by atoms with Crippen LogP contribution in [0.2, 0.25) is 0 Å². The molecule has 1 unspecified atom stereocenters. The largest absolute Gasteiger partial charge is 0.353 e. The number of rotatable bonds is 8. The lowest BCUT2D eigenvalue weighted by atomic mass is 10.0. The van der Waals surface area contributed by atoms with Gasteiger partial charge in [-0.25, -0.2) is 0 Å². The third-order valence-electron chi connectivity index (χ3n) is 3.23. The highest BCUT2D eigenvalue weighted by atomic mass is 16.2. The molecule has 0 aromatic heterocycles. The smallest absolute Gasteiger partial charge is 0.237 e. The summed E-state index contributed by atoms with van der Waals surface area (Å²) in [5.74, 6) is 0.192. The Kier molecular flexibility index (Phi) is 7.23. The number of piperazine rings is 1. The SMILES string of the molecule is CCCCCCCCCC1NCCNC1=O. The number of hydrogen-bond donors (Lipinski definition) is 2. The Hall–Kier alpha value is -0.570. The van der Waals surface area contributed by atoms with E-state index in [4.69, 9.17) is 0 Å². The van der Waals surface area contributed by atoms with Crippen LogP contribution in [-0.4, -0.2) is 25.0 Å². The first-order valence-corrected chi connectivity index (χ1v) is 6.85. The van der Waals surface area contributed by atoms with E-state index in [1.165, 1.54) is 44.9 Å². The summed E-state index contributed by atoms with van der Waals surface area (Å²) >= 11 is 0. The fourth-order valence-corrected chi connectivity index (χ4v) is 2.19. The van der Waals surface area contributed by atoms with Crippen LogP contribution in [-0.2, 0) is 4.79 Å². The molecule has 1 aliphatic rings. The average Bonchev–Trinajstić information content (AvgIpc) is 2.30. The molecule has 0 radical (unpaired) electrons. The van der Waals surface area contributed by atoms with Gasteiger partial charge in [-0.3, -0.25) is 4.79 Å². The minimum absolute atomic E-state index is 0.0735. The van der Waals surface area contributed by atoms with E-state index >= 15 is 0 Å². The molecule has 0 spiro atoms. The van der Waals surface area contributed by atoms with Crippen molar-refractivity contribution in [3.63, 3.8) is 0 Å². The van der Waals surface area contributed by atoms with Gasteiger partial charge in [0.05, 0.1) is 6.04 Å². The van der Waals surface area contributed by atoms with E-state index in [1.807, 2.05) is 0 Å². The highest BCUT2D eigenvalue weighted by Crippen LogP contribution is 2.10. The molecule has 0 aromatic carbocycles. The monoisotopic (exact) mass is 226 g/mol. The van der Waals surface area contributed by atoms with Gasteiger partial charge in [0.1, 0.15) is 0 Å². The standard InChI is InChI=1S/C13H26N2O/c1-2-3-4-5-6-7-8-9-12-13(16)15-11-10-14-12/h12,14H,2-11H2,1H3,(H,15,16). The first kappa shape index (κ1) is 13.5. The summed E-state index contributed by atoms with van der Waals surface area (Å²) in [6.07, 6.45) is 10.2. The molecule has 1 saturated heterocycles. The van der Waals surface area contributed by atoms with Crippen LogP contribution in [0.15, 0.2) is 0 Å². The molecule has 2 N–H and O–H groups in total. The molecule has 1 aliphatic heterocycles. The van der Waals surface area contributed by atoms with Crippen LogP contribution in [0.5, 0.6) is 0 Å². The molecule has 0 bridgehead atoms. The molecule has 1 heterocycles. The van der Waals surface area contributed by atoms with E-state index < -0.39 is 0 Å². The topological polar surface area (TPSA) is 41.1 Å². The zero-order chi connectivity index (χ0) is 11.6. The Morgan fingerprint density at radius 3 is 2.44 bits per heavy atom. The van der Waals surface area contributed by atoms with Crippen LogP contribution < -0.4 is 10.6 Å². The summed E-state index contributed by atoms with van der Waals surface area (Å²) in [6.45, 7) is 3.95. The summed E-state index contributed by atoms with van der Waals surface area (Å²) < 4.78 is 0. The average molecular weight is 226 g/mol. The van der Waals surface area contributed by atoms with Crippen molar-refractivity contribution in [3.8, 4) is 0 Å². The second-order valence-electron chi connectivity index (χ2n) is 4.71. The van der Waals surface area contributed by atoms with Gasteiger partial charge in [-0.05, 0) is 6.42 Å². The first-order valence-electron chi connectivity index (χ1n) is 6.85. The summed E-state index contributed by atoms with van der Waals surface area (Å²) in [7, 11) is 0. The van der Waals surface area contributed by atoms with Crippen molar-refractivity contribution in [2.45, 2.75) is 64.3 Å². The zero-order valence-corrected chi connectivity index (χ0v) is 10.6. The number of nitrogens with one attached hydrogen (secondary N) is 2. The van der Waals surface area contributed by atoms with Crippen LogP contribution in [0.25, 0.3) is 0 Å². The maximum atomic E-state index is 11.4.